The fraction of sp³-hybridized carbons (Fsp3) is 0.182. The highest BCUT2D eigenvalue weighted by molar-refractivity contribution is 5.59. The van der Waals surface area contributed by atoms with Gasteiger partial charge in [0, 0.05) is 18.2 Å². The maximum absolute atomic E-state index is 13.4. The van der Waals surface area contributed by atoms with Crippen molar-refractivity contribution in [3.05, 3.63) is 46.5 Å². The standard InChI is InChI=1S/C11H11FN2O/c1-2-14-11(15)7-10(13-14)8-5-3-4-6-9(8)12/h3-7,13H,2H2,1H3. The first-order valence-corrected chi connectivity index (χ1v) is 4.77. The van der Waals surface area contributed by atoms with Crippen LogP contribution in [0.15, 0.2) is 35.1 Å². The SMILES string of the molecule is CCn1[nH]c(-c2ccccc2F)cc1=O. The Kier molecular flexibility index (Phi) is 2.41. The van der Waals surface area contributed by atoms with Crippen LogP contribution in [0, 0.1) is 5.82 Å². The molecule has 0 fully saturated rings. The second-order valence-electron chi connectivity index (χ2n) is 3.23. The number of H-pyrrole nitrogens is 1. The van der Waals surface area contributed by atoms with Crippen molar-refractivity contribution in [1.29, 1.82) is 0 Å². The van der Waals surface area contributed by atoms with E-state index in [0.717, 1.165) is 0 Å². The van der Waals surface area contributed by atoms with Crippen LogP contribution in [0.1, 0.15) is 6.92 Å². The van der Waals surface area contributed by atoms with E-state index in [-0.39, 0.29) is 11.4 Å². The molecule has 2 aromatic rings. The third-order valence-electron chi connectivity index (χ3n) is 2.27. The molecule has 2 rings (SSSR count). The minimum Gasteiger partial charge on any atom is -0.295 e. The summed E-state index contributed by atoms with van der Waals surface area (Å²) in [5.41, 5.74) is 0.789. The highest BCUT2D eigenvalue weighted by atomic mass is 19.1. The van der Waals surface area contributed by atoms with Gasteiger partial charge in [-0.1, -0.05) is 12.1 Å². The molecule has 0 bridgehead atoms. The normalized spacial score (nSPS) is 10.5. The number of hydrogen-bond acceptors (Lipinski definition) is 1. The van der Waals surface area contributed by atoms with Crippen molar-refractivity contribution < 1.29 is 4.39 Å². The van der Waals surface area contributed by atoms with Crippen molar-refractivity contribution in [2.45, 2.75) is 13.5 Å². The minimum atomic E-state index is -0.331. The van der Waals surface area contributed by atoms with E-state index in [0.29, 0.717) is 17.8 Å². The molecule has 3 nitrogen and oxygen atoms in total. The number of hydrogen-bond donors (Lipinski definition) is 1. The number of aromatic nitrogens is 2. The van der Waals surface area contributed by atoms with Gasteiger partial charge >= 0.3 is 0 Å². The third-order valence-corrected chi connectivity index (χ3v) is 2.27. The van der Waals surface area contributed by atoms with Crippen molar-refractivity contribution in [1.82, 2.24) is 9.78 Å². The summed E-state index contributed by atoms with van der Waals surface area (Å²) in [5, 5.41) is 2.85. The van der Waals surface area contributed by atoms with Crippen LogP contribution in [0.3, 0.4) is 0 Å². The first-order chi connectivity index (χ1) is 7.22. The molecule has 0 amide bonds. The van der Waals surface area contributed by atoms with Crippen molar-refractivity contribution in [3.8, 4) is 11.3 Å². The van der Waals surface area contributed by atoms with Crippen molar-refractivity contribution in [3.63, 3.8) is 0 Å². The summed E-state index contributed by atoms with van der Waals surface area (Å²) in [5.74, 6) is -0.331. The Morgan fingerprint density at radius 3 is 2.73 bits per heavy atom. The molecule has 1 N–H and O–H groups in total. The molecule has 0 radical (unpaired) electrons. The highest BCUT2D eigenvalue weighted by Gasteiger charge is 2.07. The second-order valence-corrected chi connectivity index (χ2v) is 3.23. The first kappa shape index (κ1) is 9.71. The van der Waals surface area contributed by atoms with E-state index >= 15 is 0 Å². The van der Waals surface area contributed by atoms with E-state index in [4.69, 9.17) is 0 Å². The van der Waals surface area contributed by atoms with Gasteiger partial charge in [-0.3, -0.25) is 14.6 Å². The van der Waals surface area contributed by atoms with Crippen molar-refractivity contribution >= 4 is 0 Å². The van der Waals surface area contributed by atoms with Gasteiger partial charge in [0.15, 0.2) is 0 Å². The van der Waals surface area contributed by atoms with Crippen LogP contribution in [-0.2, 0) is 6.54 Å². The van der Waals surface area contributed by atoms with Crippen molar-refractivity contribution in [2.75, 3.05) is 0 Å². The fourth-order valence-corrected chi connectivity index (χ4v) is 1.49. The van der Waals surface area contributed by atoms with E-state index in [1.807, 2.05) is 6.92 Å². The van der Waals surface area contributed by atoms with Gasteiger partial charge in [-0.2, -0.15) is 0 Å². The Hall–Kier alpha value is -1.84. The predicted molar refractivity (Wildman–Crippen MR) is 56.1 cm³/mol. The molecule has 0 aliphatic carbocycles. The second kappa shape index (κ2) is 3.73. The van der Waals surface area contributed by atoms with E-state index < -0.39 is 0 Å². The zero-order chi connectivity index (χ0) is 10.8. The first-order valence-electron chi connectivity index (χ1n) is 4.77. The Labute approximate surface area is 86.2 Å². The van der Waals surface area contributed by atoms with Gasteiger partial charge in [-0.05, 0) is 19.1 Å². The number of aryl methyl sites for hydroxylation is 1. The maximum Gasteiger partial charge on any atom is 0.267 e. The van der Waals surface area contributed by atoms with Gasteiger partial charge in [-0.15, -0.1) is 0 Å². The number of halogens is 1. The topological polar surface area (TPSA) is 37.8 Å². The van der Waals surface area contributed by atoms with E-state index in [2.05, 4.69) is 5.10 Å². The van der Waals surface area contributed by atoms with Crippen molar-refractivity contribution in [2.24, 2.45) is 0 Å². The smallest absolute Gasteiger partial charge is 0.267 e. The Morgan fingerprint density at radius 1 is 1.40 bits per heavy atom. The molecule has 1 aromatic heterocycles. The van der Waals surface area contributed by atoms with Crippen LogP contribution in [-0.4, -0.2) is 9.78 Å². The molecule has 0 aliphatic rings. The Bertz CT molecular complexity index is 527. The van der Waals surface area contributed by atoms with Gasteiger partial charge in [0.05, 0.1) is 5.69 Å². The number of nitrogens with zero attached hydrogens (tertiary/aromatic N) is 1. The van der Waals surface area contributed by atoms with E-state index in [1.54, 1.807) is 18.2 Å². The summed E-state index contributed by atoms with van der Waals surface area (Å²) in [4.78, 5) is 11.4. The monoisotopic (exact) mass is 206 g/mol. The average molecular weight is 206 g/mol. The van der Waals surface area contributed by atoms with E-state index in [1.165, 1.54) is 16.8 Å². The molecular formula is C11H11FN2O. The highest BCUT2D eigenvalue weighted by Crippen LogP contribution is 2.18. The summed E-state index contributed by atoms with van der Waals surface area (Å²) in [6.07, 6.45) is 0. The van der Waals surface area contributed by atoms with Gasteiger partial charge < -0.3 is 0 Å². The number of nitrogens with one attached hydrogen (secondary N) is 1. The van der Waals surface area contributed by atoms with Crippen LogP contribution in [0.25, 0.3) is 11.3 Å². The molecule has 0 spiro atoms. The molecule has 0 unspecified atom stereocenters. The zero-order valence-corrected chi connectivity index (χ0v) is 8.33. The lowest BCUT2D eigenvalue weighted by Crippen LogP contribution is -2.13. The summed E-state index contributed by atoms with van der Waals surface area (Å²) in [6, 6.07) is 7.77. The summed E-state index contributed by atoms with van der Waals surface area (Å²) < 4.78 is 14.8. The van der Waals surface area contributed by atoms with Gasteiger partial charge in [0.25, 0.3) is 5.56 Å². The average Bonchev–Trinajstić information content (AvgIpc) is 2.60. The molecule has 4 heteroatoms. The molecule has 1 aromatic carbocycles. The number of benzene rings is 1. The summed E-state index contributed by atoms with van der Waals surface area (Å²) in [6.45, 7) is 2.40. The predicted octanol–water partition coefficient (Wildman–Crippen LogP) is 2.00. The minimum absolute atomic E-state index is 0.143. The molecule has 0 aliphatic heterocycles. The molecule has 78 valence electrons. The van der Waals surface area contributed by atoms with E-state index in [9.17, 15) is 9.18 Å². The molecule has 15 heavy (non-hydrogen) atoms. The Morgan fingerprint density at radius 2 is 2.13 bits per heavy atom. The maximum atomic E-state index is 13.4. The van der Waals surface area contributed by atoms with Crippen LogP contribution >= 0.6 is 0 Å². The lowest BCUT2D eigenvalue weighted by atomic mass is 10.1. The fourth-order valence-electron chi connectivity index (χ4n) is 1.49. The summed E-state index contributed by atoms with van der Waals surface area (Å²) >= 11 is 0. The lowest BCUT2D eigenvalue weighted by molar-refractivity contribution is 0.623. The number of aromatic amines is 1. The largest absolute Gasteiger partial charge is 0.295 e. The molecule has 0 atom stereocenters. The zero-order valence-electron chi connectivity index (χ0n) is 8.33. The lowest BCUT2D eigenvalue weighted by Gasteiger charge is -1.99. The molecule has 1 heterocycles. The summed E-state index contributed by atoms with van der Waals surface area (Å²) in [7, 11) is 0. The molecular weight excluding hydrogens is 195 g/mol. The van der Waals surface area contributed by atoms with Crippen LogP contribution in [0.4, 0.5) is 4.39 Å². The molecule has 0 saturated heterocycles. The molecule has 0 saturated carbocycles. The van der Waals surface area contributed by atoms with Crippen LogP contribution in [0.5, 0.6) is 0 Å². The quantitative estimate of drug-likeness (QED) is 0.801. The Balaban J connectivity index is 2.55. The number of rotatable bonds is 2. The van der Waals surface area contributed by atoms with Gasteiger partial charge in [-0.25, -0.2) is 4.39 Å². The third kappa shape index (κ3) is 1.70. The van der Waals surface area contributed by atoms with Crippen LogP contribution < -0.4 is 5.56 Å². The van der Waals surface area contributed by atoms with Gasteiger partial charge in [0.2, 0.25) is 0 Å². The van der Waals surface area contributed by atoms with Gasteiger partial charge in [0.1, 0.15) is 5.82 Å². The van der Waals surface area contributed by atoms with Crippen LogP contribution in [0.2, 0.25) is 0 Å².